The summed E-state index contributed by atoms with van der Waals surface area (Å²) in [4.78, 5) is 13.4. The Hall–Kier alpha value is -1.13. The van der Waals surface area contributed by atoms with Crippen LogP contribution in [0.25, 0.3) is 0 Å². The summed E-state index contributed by atoms with van der Waals surface area (Å²) >= 11 is 5.67. The number of hydrogen-bond acceptors (Lipinski definition) is 2. The van der Waals surface area contributed by atoms with Gasteiger partial charge >= 0.3 is 0 Å². The lowest BCUT2D eigenvalue weighted by atomic mass is 10.2. The fourth-order valence-electron chi connectivity index (χ4n) is 1.68. The van der Waals surface area contributed by atoms with Gasteiger partial charge in [0.1, 0.15) is 5.82 Å². The smallest absolute Gasteiger partial charge is 0.236 e. The molecule has 1 N–H and O–H groups in total. The molecule has 0 aromatic heterocycles. The van der Waals surface area contributed by atoms with E-state index in [1.165, 1.54) is 6.07 Å². The minimum Gasteiger partial charge on any atom is -0.342 e. The molecule has 0 bridgehead atoms. The molecular weight excluding hydrogens is 255 g/mol. The number of hydrogen-bond donors (Lipinski definition) is 1. The standard InChI is InChI=1S/C13H18ClFN2O/c1-3-17(4-2)12(18)9-16-8-10-6-5-7-11(14)13(10)15/h5-7,16H,3-4,8-9H2,1-2H3. The number of rotatable bonds is 6. The molecule has 0 saturated carbocycles. The van der Waals surface area contributed by atoms with Gasteiger partial charge in [-0.15, -0.1) is 0 Å². The highest BCUT2D eigenvalue weighted by Crippen LogP contribution is 2.17. The molecule has 0 atom stereocenters. The summed E-state index contributed by atoms with van der Waals surface area (Å²) in [7, 11) is 0. The molecule has 1 aromatic carbocycles. The van der Waals surface area contributed by atoms with Crippen molar-refractivity contribution in [3.63, 3.8) is 0 Å². The number of carbonyl (C=O) groups excluding carboxylic acids is 1. The highest BCUT2D eigenvalue weighted by Gasteiger charge is 2.10. The van der Waals surface area contributed by atoms with Gasteiger partial charge in [-0.2, -0.15) is 0 Å². The number of carbonyl (C=O) groups is 1. The lowest BCUT2D eigenvalue weighted by Gasteiger charge is -2.18. The maximum absolute atomic E-state index is 13.5. The highest BCUT2D eigenvalue weighted by molar-refractivity contribution is 6.30. The summed E-state index contributed by atoms with van der Waals surface area (Å²) in [5, 5.41) is 3.03. The van der Waals surface area contributed by atoms with Gasteiger partial charge in [-0.3, -0.25) is 4.79 Å². The molecule has 18 heavy (non-hydrogen) atoms. The zero-order chi connectivity index (χ0) is 13.5. The van der Waals surface area contributed by atoms with Crippen molar-refractivity contribution in [1.29, 1.82) is 0 Å². The Bertz CT molecular complexity index is 408. The quantitative estimate of drug-likeness (QED) is 0.863. The van der Waals surface area contributed by atoms with Gasteiger partial charge in [0.05, 0.1) is 11.6 Å². The molecule has 0 fully saturated rings. The molecule has 5 heteroatoms. The fourth-order valence-corrected chi connectivity index (χ4v) is 1.87. The Morgan fingerprint density at radius 3 is 2.67 bits per heavy atom. The van der Waals surface area contributed by atoms with Gasteiger partial charge in [0.25, 0.3) is 0 Å². The van der Waals surface area contributed by atoms with Crippen molar-refractivity contribution in [2.45, 2.75) is 20.4 Å². The van der Waals surface area contributed by atoms with Gasteiger partial charge in [-0.05, 0) is 19.9 Å². The van der Waals surface area contributed by atoms with Crippen molar-refractivity contribution in [2.75, 3.05) is 19.6 Å². The van der Waals surface area contributed by atoms with E-state index in [1.807, 2.05) is 13.8 Å². The lowest BCUT2D eigenvalue weighted by molar-refractivity contribution is -0.129. The second-order valence-corrected chi connectivity index (χ2v) is 4.29. The van der Waals surface area contributed by atoms with Crippen LogP contribution in [0.2, 0.25) is 5.02 Å². The second kappa shape index (κ2) is 7.34. The Kier molecular flexibility index (Phi) is 6.09. The minimum atomic E-state index is -0.429. The van der Waals surface area contributed by atoms with Crippen molar-refractivity contribution in [1.82, 2.24) is 10.2 Å². The summed E-state index contributed by atoms with van der Waals surface area (Å²) in [6.45, 7) is 5.72. The Morgan fingerprint density at radius 1 is 1.39 bits per heavy atom. The van der Waals surface area contributed by atoms with E-state index in [2.05, 4.69) is 5.32 Å². The molecule has 0 aliphatic rings. The van der Waals surface area contributed by atoms with E-state index >= 15 is 0 Å². The summed E-state index contributed by atoms with van der Waals surface area (Å²) in [5.74, 6) is -0.413. The summed E-state index contributed by atoms with van der Waals surface area (Å²) in [6.07, 6.45) is 0. The highest BCUT2D eigenvalue weighted by atomic mass is 35.5. The number of likely N-dealkylation sites (N-methyl/N-ethyl adjacent to an activating group) is 1. The zero-order valence-electron chi connectivity index (χ0n) is 10.7. The van der Waals surface area contributed by atoms with Crippen LogP contribution in [0.3, 0.4) is 0 Å². The van der Waals surface area contributed by atoms with E-state index in [-0.39, 0.29) is 17.5 Å². The molecule has 0 aliphatic carbocycles. The molecule has 3 nitrogen and oxygen atoms in total. The fraction of sp³-hybridized carbons (Fsp3) is 0.462. The molecule has 0 saturated heterocycles. The van der Waals surface area contributed by atoms with E-state index < -0.39 is 5.82 Å². The Morgan fingerprint density at radius 2 is 2.06 bits per heavy atom. The third-order valence-corrected chi connectivity index (χ3v) is 3.03. The third kappa shape index (κ3) is 3.96. The first kappa shape index (κ1) is 14.9. The molecule has 1 rings (SSSR count). The van der Waals surface area contributed by atoms with Crippen molar-refractivity contribution in [2.24, 2.45) is 0 Å². The average molecular weight is 273 g/mol. The van der Waals surface area contributed by atoms with Gasteiger partial charge in [0.2, 0.25) is 5.91 Å². The van der Waals surface area contributed by atoms with Gasteiger partial charge in [-0.1, -0.05) is 23.7 Å². The lowest BCUT2D eigenvalue weighted by Crippen LogP contribution is -2.37. The molecule has 1 amide bonds. The second-order valence-electron chi connectivity index (χ2n) is 3.88. The van der Waals surface area contributed by atoms with E-state index in [0.717, 1.165) is 0 Å². The molecular formula is C13H18ClFN2O. The van der Waals surface area contributed by atoms with E-state index in [0.29, 0.717) is 25.2 Å². The van der Waals surface area contributed by atoms with Crippen LogP contribution in [0.15, 0.2) is 18.2 Å². The molecule has 100 valence electrons. The predicted octanol–water partition coefficient (Wildman–Crippen LogP) is 2.44. The summed E-state index contributed by atoms with van der Waals surface area (Å²) in [6, 6.07) is 4.84. The normalized spacial score (nSPS) is 10.4. The molecule has 1 aromatic rings. The molecule has 0 spiro atoms. The Labute approximate surface area is 112 Å². The maximum atomic E-state index is 13.5. The van der Waals surface area contributed by atoms with Gasteiger partial charge in [0.15, 0.2) is 0 Å². The average Bonchev–Trinajstić information content (AvgIpc) is 2.36. The third-order valence-electron chi connectivity index (χ3n) is 2.74. The number of amides is 1. The molecule has 0 heterocycles. The Balaban J connectivity index is 2.47. The van der Waals surface area contributed by atoms with Crippen molar-refractivity contribution < 1.29 is 9.18 Å². The first-order valence-corrected chi connectivity index (χ1v) is 6.39. The van der Waals surface area contributed by atoms with Crippen molar-refractivity contribution in [3.8, 4) is 0 Å². The van der Waals surface area contributed by atoms with E-state index in [9.17, 15) is 9.18 Å². The van der Waals surface area contributed by atoms with Gasteiger partial charge in [0, 0.05) is 25.2 Å². The first-order chi connectivity index (χ1) is 8.60. The van der Waals surface area contributed by atoms with Crippen molar-refractivity contribution >= 4 is 17.5 Å². The summed E-state index contributed by atoms with van der Waals surface area (Å²) in [5.41, 5.74) is 0.467. The number of nitrogens with one attached hydrogen (secondary N) is 1. The zero-order valence-corrected chi connectivity index (χ0v) is 11.4. The monoisotopic (exact) mass is 272 g/mol. The van der Waals surface area contributed by atoms with E-state index in [4.69, 9.17) is 11.6 Å². The SMILES string of the molecule is CCN(CC)C(=O)CNCc1cccc(Cl)c1F. The van der Waals surface area contributed by atoms with Crippen LogP contribution >= 0.6 is 11.6 Å². The first-order valence-electron chi connectivity index (χ1n) is 6.01. The van der Waals surface area contributed by atoms with Crippen LogP contribution < -0.4 is 5.32 Å². The van der Waals surface area contributed by atoms with Gasteiger partial charge in [-0.25, -0.2) is 4.39 Å². The number of halogens is 2. The molecule has 0 aliphatic heterocycles. The largest absolute Gasteiger partial charge is 0.342 e. The summed E-state index contributed by atoms with van der Waals surface area (Å²) < 4.78 is 13.5. The molecule has 0 unspecified atom stereocenters. The maximum Gasteiger partial charge on any atom is 0.236 e. The molecule has 0 radical (unpaired) electrons. The number of nitrogens with zero attached hydrogens (tertiary/aromatic N) is 1. The predicted molar refractivity (Wildman–Crippen MR) is 71.0 cm³/mol. The topological polar surface area (TPSA) is 32.3 Å². The minimum absolute atomic E-state index is 0.0161. The van der Waals surface area contributed by atoms with Crippen LogP contribution in [0.1, 0.15) is 19.4 Å². The van der Waals surface area contributed by atoms with Crippen LogP contribution in [0.4, 0.5) is 4.39 Å². The van der Waals surface area contributed by atoms with Crippen LogP contribution in [-0.4, -0.2) is 30.4 Å². The van der Waals surface area contributed by atoms with Gasteiger partial charge < -0.3 is 10.2 Å². The van der Waals surface area contributed by atoms with Crippen LogP contribution in [0, 0.1) is 5.82 Å². The van der Waals surface area contributed by atoms with Crippen LogP contribution in [-0.2, 0) is 11.3 Å². The van der Waals surface area contributed by atoms with E-state index in [1.54, 1.807) is 17.0 Å². The van der Waals surface area contributed by atoms with Crippen molar-refractivity contribution in [3.05, 3.63) is 34.6 Å². The van der Waals surface area contributed by atoms with Crippen LogP contribution in [0.5, 0.6) is 0 Å². The number of benzene rings is 1.